The first kappa shape index (κ1) is 28.1. The van der Waals surface area contributed by atoms with E-state index in [4.69, 9.17) is 13.9 Å². The van der Waals surface area contributed by atoms with Gasteiger partial charge in [-0.05, 0) is 63.7 Å². The number of carbonyl (C=O) groups excluding carboxylic acids is 2. The number of carbonyl (C=O) groups is 2. The monoisotopic (exact) mass is 489 g/mol. The number of allylic oxidation sites excluding steroid dienone is 1. The standard InChI is InChI=1S/C27H43NO5Si/c1-26(2,3)32-24(29)17-13-12-16-22-18-23(33-34(7,8)27(4,5)6)19-28(22)25(30)31-20-21-14-10-9-11-15-21/h9-11,13-15,17,22-23H,12,16,18-20H2,1-8H3/t22-,23-/m1/s1. The van der Waals surface area contributed by atoms with Crippen molar-refractivity contribution >= 4 is 20.4 Å². The van der Waals surface area contributed by atoms with Crippen LogP contribution < -0.4 is 0 Å². The molecule has 190 valence electrons. The van der Waals surface area contributed by atoms with Crippen LogP contribution in [-0.2, 0) is 25.3 Å². The zero-order chi connectivity index (χ0) is 25.6. The van der Waals surface area contributed by atoms with Gasteiger partial charge in [0, 0.05) is 18.7 Å². The van der Waals surface area contributed by atoms with Crippen LogP contribution in [0.2, 0.25) is 18.1 Å². The quantitative estimate of drug-likeness (QED) is 0.238. The van der Waals surface area contributed by atoms with Gasteiger partial charge < -0.3 is 18.8 Å². The average molecular weight is 490 g/mol. The highest BCUT2D eigenvalue weighted by molar-refractivity contribution is 6.74. The molecule has 1 aliphatic heterocycles. The van der Waals surface area contributed by atoms with Gasteiger partial charge in [-0.1, -0.05) is 57.2 Å². The summed E-state index contributed by atoms with van der Waals surface area (Å²) in [5.41, 5.74) is 0.446. The molecule has 1 amide bonds. The molecule has 34 heavy (non-hydrogen) atoms. The van der Waals surface area contributed by atoms with E-state index >= 15 is 0 Å². The average Bonchev–Trinajstić information content (AvgIpc) is 3.10. The summed E-state index contributed by atoms with van der Waals surface area (Å²) < 4.78 is 17.6. The van der Waals surface area contributed by atoms with Crippen LogP contribution in [-0.4, -0.2) is 49.6 Å². The normalized spacial score (nSPS) is 19.5. The molecule has 2 atom stereocenters. The van der Waals surface area contributed by atoms with E-state index in [1.165, 1.54) is 6.08 Å². The summed E-state index contributed by atoms with van der Waals surface area (Å²) >= 11 is 0. The largest absolute Gasteiger partial charge is 0.457 e. The highest BCUT2D eigenvalue weighted by atomic mass is 28.4. The lowest BCUT2D eigenvalue weighted by molar-refractivity contribution is -0.148. The lowest BCUT2D eigenvalue weighted by Crippen LogP contribution is -2.44. The molecule has 1 fully saturated rings. The van der Waals surface area contributed by atoms with E-state index in [-0.39, 0.29) is 35.9 Å². The number of amides is 1. The van der Waals surface area contributed by atoms with Crippen molar-refractivity contribution in [2.75, 3.05) is 6.54 Å². The number of benzene rings is 1. The number of rotatable bonds is 8. The summed E-state index contributed by atoms with van der Waals surface area (Å²) in [6, 6.07) is 9.69. The Kier molecular flexibility index (Phi) is 9.54. The summed E-state index contributed by atoms with van der Waals surface area (Å²) in [6.07, 6.45) is 5.14. The van der Waals surface area contributed by atoms with Crippen molar-refractivity contribution in [1.29, 1.82) is 0 Å². The second-order valence-electron chi connectivity index (χ2n) is 11.6. The van der Waals surface area contributed by atoms with Gasteiger partial charge in [-0.25, -0.2) is 9.59 Å². The van der Waals surface area contributed by atoms with E-state index < -0.39 is 13.9 Å². The lowest BCUT2D eigenvalue weighted by Gasteiger charge is -2.38. The van der Waals surface area contributed by atoms with Gasteiger partial charge in [0.2, 0.25) is 0 Å². The van der Waals surface area contributed by atoms with Crippen LogP contribution in [0.3, 0.4) is 0 Å². The van der Waals surface area contributed by atoms with Gasteiger partial charge in [0.1, 0.15) is 12.2 Å². The first-order valence-corrected chi connectivity index (χ1v) is 15.1. The van der Waals surface area contributed by atoms with Gasteiger partial charge in [-0.2, -0.15) is 0 Å². The van der Waals surface area contributed by atoms with Crippen LogP contribution >= 0.6 is 0 Å². The van der Waals surface area contributed by atoms with Gasteiger partial charge in [0.15, 0.2) is 8.32 Å². The molecule has 0 saturated carbocycles. The minimum absolute atomic E-state index is 0.00123. The fourth-order valence-electron chi connectivity index (χ4n) is 3.66. The van der Waals surface area contributed by atoms with Crippen molar-refractivity contribution in [3.63, 3.8) is 0 Å². The molecular formula is C27H43NO5Si. The third-order valence-corrected chi connectivity index (χ3v) is 10.9. The van der Waals surface area contributed by atoms with Crippen LogP contribution in [0.15, 0.2) is 42.5 Å². The Hall–Kier alpha value is -2.12. The Bertz CT molecular complexity index is 839. The molecule has 2 rings (SSSR count). The molecule has 0 unspecified atom stereocenters. The smallest absolute Gasteiger partial charge is 0.410 e. The number of nitrogens with zero attached hydrogens (tertiary/aromatic N) is 1. The Morgan fingerprint density at radius 2 is 1.74 bits per heavy atom. The fraction of sp³-hybridized carbons (Fsp3) is 0.630. The summed E-state index contributed by atoms with van der Waals surface area (Å²) in [5, 5.41) is 0.0971. The Morgan fingerprint density at radius 1 is 1.09 bits per heavy atom. The summed E-state index contributed by atoms with van der Waals surface area (Å²) in [5.74, 6) is -0.350. The van der Waals surface area contributed by atoms with E-state index in [9.17, 15) is 9.59 Å². The third-order valence-electron chi connectivity index (χ3n) is 6.41. The van der Waals surface area contributed by atoms with Crippen LogP contribution in [0, 0.1) is 0 Å². The predicted molar refractivity (Wildman–Crippen MR) is 138 cm³/mol. The first-order valence-electron chi connectivity index (χ1n) is 12.2. The van der Waals surface area contributed by atoms with Crippen LogP contribution in [0.1, 0.15) is 66.4 Å². The van der Waals surface area contributed by atoms with E-state index in [1.54, 1.807) is 0 Å². The maximum absolute atomic E-state index is 13.0. The molecule has 1 aromatic rings. The van der Waals surface area contributed by atoms with Gasteiger partial charge in [0.05, 0.1) is 6.10 Å². The second-order valence-corrected chi connectivity index (χ2v) is 16.4. The summed E-state index contributed by atoms with van der Waals surface area (Å²) in [7, 11) is -1.96. The van der Waals surface area contributed by atoms with Crippen molar-refractivity contribution in [3.8, 4) is 0 Å². The van der Waals surface area contributed by atoms with Crippen LogP contribution in [0.4, 0.5) is 4.79 Å². The molecule has 1 heterocycles. The number of ether oxygens (including phenoxy) is 2. The van der Waals surface area contributed by atoms with E-state index in [0.717, 1.165) is 18.4 Å². The maximum Gasteiger partial charge on any atom is 0.410 e. The van der Waals surface area contributed by atoms with Gasteiger partial charge >= 0.3 is 12.1 Å². The van der Waals surface area contributed by atoms with E-state index in [0.29, 0.717) is 13.0 Å². The molecular weight excluding hydrogens is 446 g/mol. The minimum Gasteiger partial charge on any atom is -0.457 e. The van der Waals surface area contributed by atoms with Crippen molar-refractivity contribution in [3.05, 3.63) is 48.0 Å². The van der Waals surface area contributed by atoms with E-state index in [2.05, 4.69) is 33.9 Å². The van der Waals surface area contributed by atoms with Crippen molar-refractivity contribution in [1.82, 2.24) is 4.90 Å². The van der Waals surface area contributed by atoms with Gasteiger partial charge in [0.25, 0.3) is 0 Å². The van der Waals surface area contributed by atoms with Crippen LogP contribution in [0.5, 0.6) is 0 Å². The number of esters is 1. The zero-order valence-electron chi connectivity index (χ0n) is 22.2. The first-order chi connectivity index (χ1) is 15.7. The minimum atomic E-state index is -1.96. The molecule has 1 aromatic carbocycles. The van der Waals surface area contributed by atoms with Crippen LogP contribution in [0.25, 0.3) is 0 Å². The topological polar surface area (TPSA) is 65.1 Å². The molecule has 0 N–H and O–H groups in total. The molecule has 0 aromatic heterocycles. The molecule has 6 nitrogen and oxygen atoms in total. The maximum atomic E-state index is 13.0. The van der Waals surface area contributed by atoms with Gasteiger partial charge in [-0.15, -0.1) is 0 Å². The summed E-state index contributed by atoms with van der Waals surface area (Å²) in [6.45, 7) is 17.5. The third kappa shape index (κ3) is 8.91. The molecule has 0 radical (unpaired) electrons. The lowest BCUT2D eigenvalue weighted by atomic mass is 10.1. The van der Waals surface area contributed by atoms with Gasteiger partial charge in [-0.3, -0.25) is 0 Å². The molecule has 0 aliphatic carbocycles. The van der Waals surface area contributed by atoms with E-state index in [1.807, 2.05) is 62.1 Å². The highest BCUT2D eigenvalue weighted by Gasteiger charge is 2.43. The Labute approximate surface area is 206 Å². The SMILES string of the molecule is CC(C)(C)OC(=O)C=CCC[C@@H]1C[C@@H](O[Si](C)(C)C(C)(C)C)CN1C(=O)OCc1ccccc1. The number of likely N-dealkylation sites (tertiary alicyclic amines) is 1. The molecule has 1 aliphatic rings. The van der Waals surface area contributed by atoms with Crippen molar-refractivity contribution in [2.45, 2.75) is 103 Å². The highest BCUT2D eigenvalue weighted by Crippen LogP contribution is 2.39. The van der Waals surface area contributed by atoms with Crippen molar-refractivity contribution in [2.24, 2.45) is 0 Å². The van der Waals surface area contributed by atoms with Crippen molar-refractivity contribution < 1.29 is 23.5 Å². The fourth-order valence-corrected chi connectivity index (χ4v) is 5.01. The predicted octanol–water partition coefficient (Wildman–Crippen LogP) is 6.47. The zero-order valence-corrected chi connectivity index (χ0v) is 23.2. The number of hydrogen-bond acceptors (Lipinski definition) is 5. The summed E-state index contributed by atoms with van der Waals surface area (Å²) in [4.78, 5) is 26.8. The number of hydrogen-bond donors (Lipinski definition) is 0. The Morgan fingerprint density at radius 3 is 2.32 bits per heavy atom. The second kappa shape index (κ2) is 11.5. The molecule has 0 spiro atoms. The molecule has 1 saturated heterocycles. The molecule has 7 heteroatoms. The Balaban J connectivity index is 2.02. The molecule has 0 bridgehead atoms.